The first-order valence-electron chi connectivity index (χ1n) is 6.05. The van der Waals surface area contributed by atoms with Gasteiger partial charge < -0.3 is 0 Å². The van der Waals surface area contributed by atoms with Crippen LogP contribution in [0.2, 0.25) is 0 Å². The van der Waals surface area contributed by atoms with E-state index < -0.39 is 0 Å². The number of nitrogens with zero attached hydrogens (tertiary/aromatic N) is 2. The molecule has 0 saturated heterocycles. The Morgan fingerprint density at radius 3 is 2.88 bits per heavy atom. The fourth-order valence-corrected chi connectivity index (χ4v) is 4.33. The molecule has 0 amide bonds. The molecule has 17 heavy (non-hydrogen) atoms. The standard InChI is InChI=1S/C11H18BrN3OS/c1-2-6-15-9(16)13-14-10(15)17-8-11(7-12)4-3-5-11/h2-8H2,1H3,(H,13,16). The number of halogens is 1. The molecule has 0 radical (unpaired) electrons. The zero-order valence-corrected chi connectivity index (χ0v) is 12.4. The second-order valence-electron chi connectivity index (χ2n) is 4.74. The molecule has 0 aromatic carbocycles. The summed E-state index contributed by atoms with van der Waals surface area (Å²) in [4.78, 5) is 11.5. The summed E-state index contributed by atoms with van der Waals surface area (Å²) >= 11 is 5.31. The van der Waals surface area contributed by atoms with Crippen molar-refractivity contribution in [3.05, 3.63) is 10.5 Å². The second-order valence-corrected chi connectivity index (χ2v) is 6.24. The zero-order chi connectivity index (χ0) is 12.3. The number of H-pyrrole nitrogens is 1. The van der Waals surface area contributed by atoms with E-state index in [0.29, 0.717) is 5.41 Å². The molecule has 1 aliphatic rings. The maximum atomic E-state index is 11.5. The van der Waals surface area contributed by atoms with Crippen LogP contribution in [0.15, 0.2) is 9.95 Å². The summed E-state index contributed by atoms with van der Waals surface area (Å²) < 4.78 is 1.74. The number of nitrogens with one attached hydrogen (secondary N) is 1. The van der Waals surface area contributed by atoms with Crippen molar-refractivity contribution >= 4 is 27.7 Å². The molecule has 1 aromatic heterocycles. The van der Waals surface area contributed by atoms with E-state index in [1.54, 1.807) is 16.3 Å². The van der Waals surface area contributed by atoms with Gasteiger partial charge in [-0.25, -0.2) is 9.89 Å². The van der Waals surface area contributed by atoms with Crippen molar-refractivity contribution in [1.82, 2.24) is 14.8 Å². The fourth-order valence-electron chi connectivity index (χ4n) is 2.05. The third kappa shape index (κ3) is 2.78. The van der Waals surface area contributed by atoms with Crippen molar-refractivity contribution in [3.63, 3.8) is 0 Å². The van der Waals surface area contributed by atoms with E-state index in [0.717, 1.165) is 29.2 Å². The topological polar surface area (TPSA) is 50.7 Å². The Kier molecular flexibility index (Phi) is 4.36. The summed E-state index contributed by atoms with van der Waals surface area (Å²) in [6.07, 6.45) is 4.85. The number of aromatic amines is 1. The van der Waals surface area contributed by atoms with Crippen molar-refractivity contribution in [2.45, 2.75) is 44.3 Å². The van der Waals surface area contributed by atoms with Crippen LogP contribution >= 0.6 is 27.7 Å². The highest BCUT2D eigenvalue weighted by Crippen LogP contribution is 2.45. The van der Waals surface area contributed by atoms with Crippen molar-refractivity contribution in [2.75, 3.05) is 11.1 Å². The molecule has 6 heteroatoms. The molecule has 0 atom stereocenters. The summed E-state index contributed by atoms with van der Waals surface area (Å²) in [5.41, 5.74) is 0.340. The molecule has 2 rings (SSSR count). The van der Waals surface area contributed by atoms with Crippen molar-refractivity contribution in [3.8, 4) is 0 Å². The van der Waals surface area contributed by atoms with Crippen LogP contribution in [0.25, 0.3) is 0 Å². The highest BCUT2D eigenvalue weighted by atomic mass is 79.9. The molecule has 1 saturated carbocycles. The lowest BCUT2D eigenvalue weighted by Crippen LogP contribution is -2.33. The average molecular weight is 320 g/mol. The molecule has 1 aromatic rings. The minimum absolute atomic E-state index is 0.0872. The quantitative estimate of drug-likeness (QED) is 0.647. The minimum Gasteiger partial charge on any atom is -0.270 e. The van der Waals surface area contributed by atoms with E-state index in [-0.39, 0.29) is 5.69 Å². The van der Waals surface area contributed by atoms with E-state index in [9.17, 15) is 4.79 Å². The number of alkyl halides is 1. The van der Waals surface area contributed by atoms with Crippen molar-refractivity contribution in [1.29, 1.82) is 0 Å². The number of hydrogen-bond donors (Lipinski definition) is 1. The molecule has 0 spiro atoms. The van der Waals surface area contributed by atoms with Crippen molar-refractivity contribution in [2.24, 2.45) is 5.41 Å². The highest BCUT2D eigenvalue weighted by molar-refractivity contribution is 9.09. The summed E-state index contributed by atoms with van der Waals surface area (Å²) in [5.74, 6) is 1.05. The van der Waals surface area contributed by atoms with Crippen LogP contribution in [-0.2, 0) is 6.54 Å². The largest absolute Gasteiger partial charge is 0.343 e. The van der Waals surface area contributed by atoms with Crippen LogP contribution in [0.3, 0.4) is 0 Å². The predicted octanol–water partition coefficient (Wildman–Crippen LogP) is 2.64. The van der Waals surface area contributed by atoms with Gasteiger partial charge in [0.2, 0.25) is 0 Å². The summed E-state index contributed by atoms with van der Waals surface area (Å²) in [5, 5.41) is 8.53. The molecule has 1 heterocycles. The summed E-state index contributed by atoms with van der Waals surface area (Å²) in [6, 6.07) is 0. The molecule has 96 valence electrons. The van der Waals surface area contributed by atoms with E-state index in [1.807, 2.05) is 0 Å². The van der Waals surface area contributed by atoms with E-state index in [1.165, 1.54) is 19.3 Å². The Labute approximate surface area is 114 Å². The van der Waals surface area contributed by atoms with Gasteiger partial charge in [-0.2, -0.15) is 0 Å². The smallest absolute Gasteiger partial charge is 0.270 e. The summed E-state index contributed by atoms with van der Waals surface area (Å²) in [7, 11) is 0. The zero-order valence-electron chi connectivity index (χ0n) is 10.0. The van der Waals surface area contributed by atoms with Crippen LogP contribution in [-0.4, -0.2) is 25.8 Å². The van der Waals surface area contributed by atoms with Crippen molar-refractivity contribution < 1.29 is 0 Å². The summed E-state index contributed by atoms with van der Waals surface area (Å²) in [6.45, 7) is 2.82. The predicted molar refractivity (Wildman–Crippen MR) is 73.9 cm³/mol. The lowest BCUT2D eigenvalue weighted by molar-refractivity contribution is 0.206. The molecule has 4 nitrogen and oxygen atoms in total. The Balaban J connectivity index is 2.01. The van der Waals surface area contributed by atoms with Gasteiger partial charge in [0.15, 0.2) is 5.16 Å². The molecule has 1 fully saturated rings. The maximum Gasteiger partial charge on any atom is 0.343 e. The first kappa shape index (κ1) is 13.2. The molecular weight excluding hydrogens is 302 g/mol. The lowest BCUT2D eigenvalue weighted by atomic mass is 9.72. The number of thioether (sulfide) groups is 1. The van der Waals surface area contributed by atoms with E-state index >= 15 is 0 Å². The second kappa shape index (κ2) is 5.61. The highest BCUT2D eigenvalue weighted by Gasteiger charge is 2.36. The SMILES string of the molecule is CCCn1c(SCC2(CBr)CCC2)n[nH]c1=O. The van der Waals surface area contributed by atoms with Gasteiger partial charge in [-0.05, 0) is 24.7 Å². The third-order valence-electron chi connectivity index (χ3n) is 3.38. The Bertz CT molecular complexity index is 419. The number of hydrogen-bond acceptors (Lipinski definition) is 3. The first-order chi connectivity index (χ1) is 8.21. The van der Waals surface area contributed by atoms with Gasteiger partial charge in [0.1, 0.15) is 0 Å². The van der Waals surface area contributed by atoms with Crippen LogP contribution < -0.4 is 5.69 Å². The Morgan fingerprint density at radius 2 is 2.35 bits per heavy atom. The van der Waals surface area contributed by atoms with Gasteiger partial charge in [0, 0.05) is 17.6 Å². The number of aromatic nitrogens is 3. The monoisotopic (exact) mass is 319 g/mol. The molecular formula is C11H18BrN3OS. The van der Waals surface area contributed by atoms with Gasteiger partial charge in [-0.15, -0.1) is 5.10 Å². The van der Waals surface area contributed by atoms with E-state index in [4.69, 9.17) is 0 Å². The number of rotatable bonds is 6. The van der Waals surface area contributed by atoms with Gasteiger partial charge in [0.25, 0.3) is 0 Å². The van der Waals surface area contributed by atoms with Crippen LogP contribution in [0.1, 0.15) is 32.6 Å². The Hall–Kier alpha value is -0.230. The molecule has 0 unspecified atom stereocenters. The molecule has 0 bridgehead atoms. The normalized spacial score (nSPS) is 18.0. The van der Waals surface area contributed by atoms with E-state index in [2.05, 4.69) is 33.1 Å². The van der Waals surface area contributed by atoms with Gasteiger partial charge in [0.05, 0.1) is 0 Å². The maximum absolute atomic E-state index is 11.5. The lowest BCUT2D eigenvalue weighted by Gasteiger charge is -2.40. The molecule has 0 aliphatic heterocycles. The average Bonchev–Trinajstić information content (AvgIpc) is 2.61. The van der Waals surface area contributed by atoms with Gasteiger partial charge >= 0.3 is 5.69 Å². The fraction of sp³-hybridized carbons (Fsp3) is 0.818. The van der Waals surface area contributed by atoms with Gasteiger partial charge in [-0.3, -0.25) is 4.57 Å². The minimum atomic E-state index is -0.0872. The third-order valence-corrected chi connectivity index (χ3v) is 5.89. The molecule has 1 aliphatic carbocycles. The van der Waals surface area contributed by atoms with Crippen LogP contribution in [0.5, 0.6) is 0 Å². The van der Waals surface area contributed by atoms with Crippen LogP contribution in [0.4, 0.5) is 0 Å². The first-order valence-corrected chi connectivity index (χ1v) is 8.15. The van der Waals surface area contributed by atoms with Gasteiger partial charge in [-0.1, -0.05) is 41.0 Å². The Morgan fingerprint density at radius 1 is 1.59 bits per heavy atom. The van der Waals surface area contributed by atoms with Crippen LogP contribution in [0, 0.1) is 5.41 Å². The molecule has 1 N–H and O–H groups in total.